The van der Waals surface area contributed by atoms with E-state index in [0.29, 0.717) is 11.7 Å². The third-order valence-corrected chi connectivity index (χ3v) is 3.81. The van der Waals surface area contributed by atoms with Crippen molar-refractivity contribution in [1.82, 2.24) is 24.3 Å². The van der Waals surface area contributed by atoms with E-state index in [4.69, 9.17) is 0 Å². The highest BCUT2D eigenvalue weighted by Gasteiger charge is 2.19. The van der Waals surface area contributed by atoms with Gasteiger partial charge in [0.2, 0.25) is 0 Å². The van der Waals surface area contributed by atoms with Gasteiger partial charge in [0.05, 0.1) is 0 Å². The van der Waals surface area contributed by atoms with E-state index in [1.54, 1.807) is 7.05 Å². The minimum Gasteiger partial charge on any atom is -0.267 e. The maximum Gasteiger partial charge on any atom is 0.352 e. The van der Waals surface area contributed by atoms with Gasteiger partial charge >= 0.3 is 5.69 Å². The van der Waals surface area contributed by atoms with Crippen LogP contribution in [0, 0.1) is 0 Å². The third kappa shape index (κ3) is 2.54. The number of aryl methyl sites for hydroxylation is 1. The molecular weight excluding hydrogens is 294 g/mol. The Kier molecular flexibility index (Phi) is 3.55. The molecule has 23 heavy (non-hydrogen) atoms. The molecule has 0 bridgehead atoms. The average Bonchev–Trinajstić information content (AvgIpc) is 2.53. The Morgan fingerprint density at radius 1 is 1.00 bits per heavy atom. The Labute approximate surface area is 132 Å². The van der Waals surface area contributed by atoms with E-state index >= 15 is 0 Å². The summed E-state index contributed by atoms with van der Waals surface area (Å²) >= 11 is 0. The topological polar surface area (TPSA) is 82.7 Å². The fraction of sp³-hybridized carbons (Fsp3) is 0.312. The number of nitrogens with zero attached hydrogens (tertiary/aromatic N) is 5. The first-order valence-electron chi connectivity index (χ1n) is 7.31. The van der Waals surface area contributed by atoms with Crippen molar-refractivity contribution >= 4 is 0 Å². The van der Waals surface area contributed by atoms with E-state index in [1.807, 2.05) is 24.3 Å². The summed E-state index contributed by atoms with van der Waals surface area (Å²) in [5.74, 6) is 1.04. The first kappa shape index (κ1) is 15.1. The molecule has 0 amide bonds. The zero-order chi connectivity index (χ0) is 16.7. The lowest BCUT2D eigenvalue weighted by Gasteiger charge is -2.12. The average molecular weight is 311 g/mol. The van der Waals surface area contributed by atoms with Crippen molar-refractivity contribution in [2.24, 2.45) is 14.1 Å². The van der Waals surface area contributed by atoms with E-state index in [9.17, 15) is 9.59 Å². The molecule has 3 rings (SSSR count). The quantitative estimate of drug-likeness (QED) is 0.709. The number of fused-ring (bicyclic) bond motifs is 1. The van der Waals surface area contributed by atoms with E-state index in [2.05, 4.69) is 28.9 Å². The van der Waals surface area contributed by atoms with Crippen molar-refractivity contribution in [1.29, 1.82) is 0 Å². The monoisotopic (exact) mass is 311 g/mol. The van der Waals surface area contributed by atoms with Gasteiger partial charge in [-0.25, -0.2) is 14.5 Å². The lowest BCUT2D eigenvalue weighted by Crippen LogP contribution is -2.36. The summed E-state index contributed by atoms with van der Waals surface area (Å²) in [4.78, 5) is 32.1. The summed E-state index contributed by atoms with van der Waals surface area (Å²) in [5.41, 5.74) is 1.06. The van der Waals surface area contributed by atoms with Gasteiger partial charge < -0.3 is 0 Å². The molecule has 2 aliphatic heterocycles. The molecule has 7 heteroatoms. The molecule has 1 aromatic carbocycles. The van der Waals surface area contributed by atoms with Crippen LogP contribution in [0.4, 0.5) is 0 Å². The van der Waals surface area contributed by atoms with Crippen LogP contribution >= 0.6 is 0 Å². The molecule has 0 aromatic heterocycles. The van der Waals surface area contributed by atoms with Crippen LogP contribution in [0.3, 0.4) is 0 Å². The van der Waals surface area contributed by atoms with Crippen molar-refractivity contribution < 1.29 is 0 Å². The Hall–Kier alpha value is -2.83. The minimum absolute atomic E-state index is 0.132. The highest BCUT2D eigenvalue weighted by Crippen LogP contribution is 2.21. The molecule has 0 spiro atoms. The van der Waals surface area contributed by atoms with Crippen LogP contribution in [-0.2, 0) is 14.1 Å². The highest BCUT2D eigenvalue weighted by atomic mass is 16.2. The molecule has 118 valence electrons. The minimum atomic E-state index is -0.615. The SMILES string of the molecule is CC(C)c1ccc(-c2nc3c(=O)n(C)c(=O)nc-3n(C)n2)cc1. The van der Waals surface area contributed by atoms with Crippen molar-refractivity contribution in [2.75, 3.05) is 0 Å². The Morgan fingerprint density at radius 3 is 2.26 bits per heavy atom. The summed E-state index contributed by atoms with van der Waals surface area (Å²) in [6.07, 6.45) is 0. The molecule has 2 heterocycles. The van der Waals surface area contributed by atoms with Gasteiger partial charge in [0.1, 0.15) is 0 Å². The summed E-state index contributed by atoms with van der Waals surface area (Å²) < 4.78 is 2.36. The molecule has 0 saturated heterocycles. The first-order chi connectivity index (χ1) is 10.9. The van der Waals surface area contributed by atoms with Crippen LogP contribution in [0.5, 0.6) is 0 Å². The van der Waals surface area contributed by atoms with Crippen LogP contribution < -0.4 is 11.2 Å². The van der Waals surface area contributed by atoms with Crippen LogP contribution in [0.2, 0.25) is 0 Å². The normalized spacial score (nSPS) is 11.3. The van der Waals surface area contributed by atoms with Crippen molar-refractivity contribution in [3.8, 4) is 22.9 Å². The molecule has 2 aliphatic rings. The van der Waals surface area contributed by atoms with Crippen LogP contribution in [0.1, 0.15) is 25.3 Å². The van der Waals surface area contributed by atoms with Crippen LogP contribution in [-0.4, -0.2) is 24.3 Å². The van der Waals surface area contributed by atoms with Crippen molar-refractivity contribution in [2.45, 2.75) is 19.8 Å². The summed E-state index contributed by atoms with van der Waals surface area (Å²) in [5, 5.41) is 4.31. The summed E-state index contributed by atoms with van der Waals surface area (Å²) in [6.45, 7) is 4.24. The van der Waals surface area contributed by atoms with Gasteiger partial charge in [0.25, 0.3) is 5.56 Å². The number of aromatic nitrogens is 5. The number of rotatable bonds is 2. The van der Waals surface area contributed by atoms with Crippen LogP contribution in [0.15, 0.2) is 33.9 Å². The van der Waals surface area contributed by atoms with Gasteiger partial charge in [-0.3, -0.25) is 9.36 Å². The maximum absolute atomic E-state index is 12.2. The third-order valence-electron chi connectivity index (χ3n) is 3.81. The summed E-state index contributed by atoms with van der Waals surface area (Å²) in [6, 6.07) is 7.89. The van der Waals surface area contributed by atoms with E-state index in [1.165, 1.54) is 17.3 Å². The highest BCUT2D eigenvalue weighted by molar-refractivity contribution is 5.59. The lowest BCUT2D eigenvalue weighted by molar-refractivity contribution is 0.678. The first-order valence-corrected chi connectivity index (χ1v) is 7.31. The van der Waals surface area contributed by atoms with E-state index in [-0.39, 0.29) is 11.5 Å². The Morgan fingerprint density at radius 2 is 1.65 bits per heavy atom. The molecule has 0 atom stereocenters. The van der Waals surface area contributed by atoms with E-state index in [0.717, 1.165) is 10.1 Å². The number of hydrogen-bond donors (Lipinski definition) is 0. The smallest absolute Gasteiger partial charge is 0.267 e. The molecule has 0 fully saturated rings. The molecule has 7 nitrogen and oxygen atoms in total. The zero-order valence-corrected chi connectivity index (χ0v) is 13.4. The molecule has 0 radical (unpaired) electrons. The number of hydrogen-bond acceptors (Lipinski definition) is 5. The van der Waals surface area contributed by atoms with Crippen LogP contribution in [0.25, 0.3) is 22.9 Å². The fourth-order valence-electron chi connectivity index (χ4n) is 2.34. The van der Waals surface area contributed by atoms with Gasteiger partial charge in [-0.05, 0) is 11.5 Å². The lowest BCUT2D eigenvalue weighted by atomic mass is 10.0. The predicted molar refractivity (Wildman–Crippen MR) is 86.5 cm³/mol. The standard InChI is InChI=1S/C16H17N5O2/c1-9(2)10-5-7-11(8-6-10)13-17-12-14(21(4)19-13)18-16(23)20(3)15(12)22/h5-9H,1-4H3. The Bertz CT molecular complexity index is 954. The second-order valence-corrected chi connectivity index (χ2v) is 5.77. The molecule has 0 unspecified atom stereocenters. The summed E-state index contributed by atoms with van der Waals surface area (Å²) in [7, 11) is 3.03. The zero-order valence-electron chi connectivity index (χ0n) is 13.4. The maximum atomic E-state index is 12.2. The fourth-order valence-corrected chi connectivity index (χ4v) is 2.34. The van der Waals surface area contributed by atoms with Gasteiger partial charge in [0.15, 0.2) is 17.3 Å². The predicted octanol–water partition coefficient (Wildman–Crippen LogP) is 1.16. The van der Waals surface area contributed by atoms with Crippen molar-refractivity contribution in [3.63, 3.8) is 0 Å². The van der Waals surface area contributed by atoms with Crippen molar-refractivity contribution in [3.05, 3.63) is 50.7 Å². The van der Waals surface area contributed by atoms with Gasteiger partial charge in [-0.1, -0.05) is 38.1 Å². The van der Waals surface area contributed by atoms with Gasteiger partial charge in [-0.2, -0.15) is 10.1 Å². The number of benzene rings is 1. The molecule has 1 aromatic rings. The molecule has 0 saturated carbocycles. The second-order valence-electron chi connectivity index (χ2n) is 5.77. The molecule has 0 N–H and O–H groups in total. The van der Waals surface area contributed by atoms with E-state index < -0.39 is 11.2 Å². The van der Waals surface area contributed by atoms with Gasteiger partial charge in [0, 0.05) is 19.7 Å². The Balaban J connectivity index is 2.22. The largest absolute Gasteiger partial charge is 0.352 e. The second kappa shape index (κ2) is 5.42. The molecular formula is C16H17N5O2. The van der Waals surface area contributed by atoms with Gasteiger partial charge in [-0.15, -0.1) is 0 Å². The molecule has 0 aliphatic carbocycles.